The largest absolute Gasteiger partial charge is 0.369 e. The van der Waals surface area contributed by atoms with Crippen molar-refractivity contribution in [1.82, 2.24) is 9.88 Å². The molecule has 3 aliphatic rings. The molecule has 0 unspecified atom stereocenters. The first-order valence-electron chi connectivity index (χ1n) is 9.97. The molecule has 1 aromatic heterocycles. The van der Waals surface area contributed by atoms with Crippen LogP contribution < -0.4 is 15.1 Å². The van der Waals surface area contributed by atoms with Crippen LogP contribution >= 0.6 is 11.6 Å². The first-order valence-corrected chi connectivity index (χ1v) is 10.3. The Bertz CT molecular complexity index is 879. The van der Waals surface area contributed by atoms with E-state index in [9.17, 15) is 4.79 Å². The molecule has 1 amide bonds. The highest BCUT2D eigenvalue weighted by Crippen LogP contribution is 2.35. The van der Waals surface area contributed by atoms with E-state index in [2.05, 4.69) is 38.2 Å². The van der Waals surface area contributed by atoms with E-state index in [1.807, 2.05) is 18.3 Å². The highest BCUT2D eigenvalue weighted by Gasteiger charge is 2.37. The number of fused-ring (bicyclic) bond motifs is 3. The fourth-order valence-electron chi connectivity index (χ4n) is 4.49. The molecular formula is C21H24ClN5O. The summed E-state index contributed by atoms with van der Waals surface area (Å²) in [7, 11) is 0. The Hall–Kier alpha value is -2.31. The van der Waals surface area contributed by atoms with Crippen molar-refractivity contribution in [2.24, 2.45) is 0 Å². The molecule has 1 atom stereocenters. The number of anilines is 3. The average molecular weight is 398 g/mol. The summed E-state index contributed by atoms with van der Waals surface area (Å²) in [5.74, 6) is 1.04. The van der Waals surface area contributed by atoms with Gasteiger partial charge in [-0.05, 0) is 48.7 Å². The van der Waals surface area contributed by atoms with Gasteiger partial charge in [0, 0.05) is 56.2 Å². The Labute approximate surface area is 170 Å². The number of amides is 1. The summed E-state index contributed by atoms with van der Waals surface area (Å²) in [6, 6.07) is 10.1. The number of nitrogens with one attached hydrogen (secondary N) is 1. The molecule has 7 heteroatoms. The third-order valence-corrected chi connectivity index (χ3v) is 6.23. The average Bonchev–Trinajstić information content (AvgIpc) is 3.20. The van der Waals surface area contributed by atoms with Gasteiger partial charge in [-0.1, -0.05) is 11.6 Å². The summed E-state index contributed by atoms with van der Waals surface area (Å²) in [6.07, 6.45) is 3.95. The topological polar surface area (TPSA) is 51.7 Å². The molecular weight excluding hydrogens is 374 g/mol. The number of carbonyl (C=O) groups excluding carboxylic acids is 1. The molecule has 0 bridgehead atoms. The molecule has 2 fully saturated rings. The lowest BCUT2D eigenvalue weighted by molar-refractivity contribution is -0.117. The van der Waals surface area contributed by atoms with Crippen LogP contribution in [0, 0.1) is 0 Å². The molecule has 2 saturated heterocycles. The normalized spacial score (nSPS) is 22.0. The molecule has 2 aromatic rings. The summed E-state index contributed by atoms with van der Waals surface area (Å²) in [5, 5.41) is 3.83. The van der Waals surface area contributed by atoms with Crippen molar-refractivity contribution in [3.05, 3.63) is 47.1 Å². The SMILES string of the molecule is O=C1Nc2cc(CN3CCN(c4ccc(Cl)cc4)CC3)cnc2N2CCC[C@@H]12. The van der Waals surface area contributed by atoms with Crippen molar-refractivity contribution < 1.29 is 4.79 Å². The minimum atomic E-state index is -0.0354. The molecule has 3 aliphatic heterocycles. The summed E-state index contributed by atoms with van der Waals surface area (Å²) >= 11 is 5.99. The van der Waals surface area contributed by atoms with Gasteiger partial charge in [0.2, 0.25) is 5.91 Å². The third-order valence-electron chi connectivity index (χ3n) is 5.98. The minimum absolute atomic E-state index is 0.0354. The molecule has 0 radical (unpaired) electrons. The van der Waals surface area contributed by atoms with Gasteiger partial charge in [0.15, 0.2) is 5.82 Å². The number of aromatic nitrogens is 1. The van der Waals surface area contributed by atoms with Crippen LogP contribution in [0.2, 0.25) is 5.02 Å². The molecule has 146 valence electrons. The third kappa shape index (κ3) is 3.31. The second-order valence-corrected chi connectivity index (χ2v) is 8.23. The van der Waals surface area contributed by atoms with E-state index >= 15 is 0 Å². The molecule has 1 N–H and O–H groups in total. The van der Waals surface area contributed by atoms with Gasteiger partial charge < -0.3 is 15.1 Å². The Morgan fingerprint density at radius 1 is 1.11 bits per heavy atom. The molecule has 0 aliphatic carbocycles. The van der Waals surface area contributed by atoms with E-state index in [1.165, 1.54) is 5.69 Å². The lowest BCUT2D eigenvalue weighted by Crippen LogP contribution is -2.46. The summed E-state index contributed by atoms with van der Waals surface area (Å²) in [4.78, 5) is 24.0. The number of hydrogen-bond acceptors (Lipinski definition) is 5. The smallest absolute Gasteiger partial charge is 0.247 e. The van der Waals surface area contributed by atoms with E-state index in [1.54, 1.807) is 0 Å². The predicted octanol–water partition coefficient (Wildman–Crippen LogP) is 2.98. The predicted molar refractivity (Wildman–Crippen MR) is 112 cm³/mol. The van der Waals surface area contributed by atoms with Crippen molar-refractivity contribution in [3.8, 4) is 0 Å². The molecule has 0 spiro atoms. The standard InChI is InChI=1S/C21H24ClN5O/c22-16-3-5-17(6-4-16)26-10-8-25(9-11-26)14-15-12-18-20(23-13-15)27-7-1-2-19(27)21(28)24-18/h3-6,12-13,19H,1-2,7-11,14H2,(H,24,28)/t19-/m0/s1. The van der Waals surface area contributed by atoms with Gasteiger partial charge in [0.1, 0.15) is 6.04 Å². The number of nitrogens with zero attached hydrogens (tertiary/aromatic N) is 4. The number of benzene rings is 1. The van der Waals surface area contributed by atoms with Gasteiger partial charge in [-0.25, -0.2) is 4.98 Å². The van der Waals surface area contributed by atoms with Crippen LogP contribution in [0.3, 0.4) is 0 Å². The summed E-state index contributed by atoms with van der Waals surface area (Å²) < 4.78 is 0. The van der Waals surface area contributed by atoms with Crippen LogP contribution in [-0.4, -0.2) is 54.6 Å². The number of pyridine rings is 1. The number of rotatable bonds is 3. The van der Waals surface area contributed by atoms with Crippen molar-refractivity contribution in [2.45, 2.75) is 25.4 Å². The molecule has 28 heavy (non-hydrogen) atoms. The quantitative estimate of drug-likeness (QED) is 0.862. The number of carbonyl (C=O) groups is 1. The lowest BCUT2D eigenvalue weighted by Gasteiger charge is -2.36. The molecule has 0 saturated carbocycles. The second kappa shape index (κ2) is 7.26. The zero-order chi connectivity index (χ0) is 19.1. The van der Waals surface area contributed by atoms with Gasteiger partial charge in [-0.15, -0.1) is 0 Å². The zero-order valence-corrected chi connectivity index (χ0v) is 16.5. The van der Waals surface area contributed by atoms with Gasteiger partial charge in [-0.2, -0.15) is 0 Å². The Morgan fingerprint density at radius 3 is 2.68 bits per heavy atom. The summed E-state index contributed by atoms with van der Waals surface area (Å²) in [6.45, 7) is 5.76. The Morgan fingerprint density at radius 2 is 1.89 bits per heavy atom. The highest BCUT2D eigenvalue weighted by atomic mass is 35.5. The van der Waals surface area contributed by atoms with Crippen LogP contribution in [0.25, 0.3) is 0 Å². The minimum Gasteiger partial charge on any atom is -0.369 e. The number of piperazine rings is 1. The van der Waals surface area contributed by atoms with Crippen LogP contribution in [0.4, 0.5) is 17.2 Å². The molecule has 4 heterocycles. The van der Waals surface area contributed by atoms with Crippen molar-refractivity contribution in [3.63, 3.8) is 0 Å². The van der Waals surface area contributed by atoms with E-state index < -0.39 is 0 Å². The van der Waals surface area contributed by atoms with Crippen molar-refractivity contribution in [2.75, 3.05) is 47.8 Å². The monoisotopic (exact) mass is 397 g/mol. The van der Waals surface area contributed by atoms with Crippen molar-refractivity contribution >= 4 is 34.7 Å². The van der Waals surface area contributed by atoms with Crippen LogP contribution in [0.5, 0.6) is 0 Å². The van der Waals surface area contributed by atoms with E-state index in [4.69, 9.17) is 16.6 Å². The fraction of sp³-hybridized carbons (Fsp3) is 0.429. The van der Waals surface area contributed by atoms with E-state index in [0.29, 0.717) is 0 Å². The first kappa shape index (κ1) is 17.8. The maximum absolute atomic E-state index is 12.3. The maximum Gasteiger partial charge on any atom is 0.247 e. The number of halogens is 1. The molecule has 1 aromatic carbocycles. The first-order chi connectivity index (χ1) is 13.7. The maximum atomic E-state index is 12.3. The highest BCUT2D eigenvalue weighted by molar-refractivity contribution is 6.30. The zero-order valence-electron chi connectivity index (χ0n) is 15.8. The fourth-order valence-corrected chi connectivity index (χ4v) is 4.62. The number of hydrogen-bond donors (Lipinski definition) is 1. The van der Waals surface area contributed by atoms with Crippen molar-refractivity contribution in [1.29, 1.82) is 0 Å². The summed E-state index contributed by atoms with van der Waals surface area (Å²) in [5.41, 5.74) is 3.24. The van der Waals surface area contributed by atoms with Gasteiger partial charge in [-0.3, -0.25) is 9.69 Å². The van der Waals surface area contributed by atoms with Crippen LogP contribution in [0.15, 0.2) is 36.5 Å². The van der Waals surface area contributed by atoms with Gasteiger partial charge in [0.25, 0.3) is 0 Å². The molecule has 5 rings (SSSR count). The van der Waals surface area contributed by atoms with Crippen LogP contribution in [0.1, 0.15) is 18.4 Å². The Kier molecular flexibility index (Phi) is 4.61. The van der Waals surface area contributed by atoms with E-state index in [0.717, 1.165) is 74.2 Å². The van der Waals surface area contributed by atoms with Gasteiger partial charge >= 0.3 is 0 Å². The second-order valence-electron chi connectivity index (χ2n) is 7.80. The van der Waals surface area contributed by atoms with Crippen LogP contribution in [-0.2, 0) is 11.3 Å². The molecule has 6 nitrogen and oxygen atoms in total. The van der Waals surface area contributed by atoms with Gasteiger partial charge in [0.05, 0.1) is 5.69 Å². The Balaban J connectivity index is 1.23. The van der Waals surface area contributed by atoms with E-state index in [-0.39, 0.29) is 11.9 Å². The lowest BCUT2D eigenvalue weighted by atomic mass is 10.1.